The molecule has 7 nitrogen and oxygen atoms in total. The molecule has 0 aromatic carbocycles. The van der Waals surface area contributed by atoms with E-state index in [0.29, 0.717) is 11.3 Å². The van der Waals surface area contributed by atoms with Crippen molar-refractivity contribution in [3.63, 3.8) is 0 Å². The molecule has 0 unspecified atom stereocenters. The van der Waals surface area contributed by atoms with E-state index >= 15 is 0 Å². The highest BCUT2D eigenvalue weighted by Gasteiger charge is 2.24. The molecule has 104 valence electrons. The van der Waals surface area contributed by atoms with Crippen LogP contribution in [0.25, 0.3) is 11.2 Å². The van der Waals surface area contributed by atoms with Gasteiger partial charge in [0.05, 0.1) is 6.33 Å². The summed E-state index contributed by atoms with van der Waals surface area (Å²) in [5.41, 5.74) is 7.07. The maximum absolute atomic E-state index is 9.30. The topological polar surface area (TPSA) is 110 Å². The minimum absolute atomic E-state index is 0.114. The third-order valence-electron chi connectivity index (χ3n) is 3.37. The zero-order valence-corrected chi connectivity index (χ0v) is 12.0. The van der Waals surface area contributed by atoms with E-state index in [1.54, 1.807) is 6.33 Å². The van der Waals surface area contributed by atoms with Gasteiger partial charge in [-0.3, -0.25) is 0 Å². The summed E-state index contributed by atoms with van der Waals surface area (Å²) in [7, 11) is -1.89. The number of aliphatic hydroxyl groups excluding tert-OH is 2. The van der Waals surface area contributed by atoms with Gasteiger partial charge in [-0.15, -0.1) is 0 Å². The molecule has 19 heavy (non-hydrogen) atoms. The van der Waals surface area contributed by atoms with Crippen molar-refractivity contribution in [1.29, 1.82) is 0 Å². The van der Waals surface area contributed by atoms with E-state index in [1.807, 2.05) is 11.1 Å². The van der Waals surface area contributed by atoms with Gasteiger partial charge in [-0.1, -0.05) is 12.6 Å². The van der Waals surface area contributed by atoms with Crippen molar-refractivity contribution in [2.75, 3.05) is 18.2 Å². The highest BCUT2D eigenvalue weighted by molar-refractivity contribution is 6.78. The van der Waals surface area contributed by atoms with Crippen molar-refractivity contribution in [1.82, 2.24) is 19.5 Å². The molecule has 0 atom stereocenters. The average molecular weight is 281 g/mol. The van der Waals surface area contributed by atoms with Crippen LogP contribution < -0.4 is 5.73 Å². The van der Waals surface area contributed by atoms with Crippen LogP contribution in [0.4, 0.5) is 5.82 Å². The molecule has 8 heteroatoms. The van der Waals surface area contributed by atoms with Crippen molar-refractivity contribution in [2.45, 2.75) is 25.6 Å². The predicted octanol–water partition coefficient (Wildman–Crippen LogP) is -0.0598. The number of rotatable bonds is 6. The van der Waals surface area contributed by atoms with Gasteiger partial charge in [-0.05, 0) is 6.42 Å². The number of aromatic nitrogens is 4. The normalized spacial score (nSPS) is 12.2. The van der Waals surface area contributed by atoms with Gasteiger partial charge in [0.25, 0.3) is 0 Å². The van der Waals surface area contributed by atoms with E-state index in [-0.39, 0.29) is 12.5 Å². The number of nitrogen functional groups attached to an aromatic ring is 1. The van der Waals surface area contributed by atoms with Crippen LogP contribution in [-0.2, 0) is 6.54 Å². The number of imidazole rings is 1. The summed E-state index contributed by atoms with van der Waals surface area (Å²) in [6, 6.07) is 0.861. The maximum Gasteiger partial charge on any atom is 0.165 e. The monoisotopic (exact) mass is 281 g/mol. The van der Waals surface area contributed by atoms with Crippen LogP contribution >= 0.6 is 0 Å². The van der Waals surface area contributed by atoms with Gasteiger partial charge in [-0.25, -0.2) is 15.0 Å². The van der Waals surface area contributed by atoms with Gasteiger partial charge < -0.3 is 20.5 Å². The largest absolute Gasteiger partial charge is 0.400 e. The molecule has 2 aromatic heterocycles. The van der Waals surface area contributed by atoms with Crippen LogP contribution in [0.5, 0.6) is 0 Å². The van der Waals surface area contributed by atoms with E-state index in [9.17, 15) is 10.2 Å². The minimum Gasteiger partial charge on any atom is -0.400 e. The fourth-order valence-corrected chi connectivity index (χ4v) is 3.37. The van der Waals surface area contributed by atoms with Gasteiger partial charge in [0.15, 0.2) is 11.5 Å². The first-order valence-corrected chi connectivity index (χ1v) is 9.35. The second-order valence-corrected chi connectivity index (χ2v) is 9.85. The third-order valence-corrected chi connectivity index (χ3v) is 6.46. The number of hydrogen-bond donors (Lipinski definition) is 3. The van der Waals surface area contributed by atoms with Crippen molar-refractivity contribution in [3.8, 4) is 0 Å². The SMILES string of the molecule is C[Si](CO)(CO)CCCn1cnc2c(N)ncnc21. The first kappa shape index (κ1) is 13.9. The van der Waals surface area contributed by atoms with Crippen LogP contribution in [0.1, 0.15) is 6.42 Å². The summed E-state index contributed by atoms with van der Waals surface area (Å²) in [4.78, 5) is 12.3. The lowest BCUT2D eigenvalue weighted by atomic mass is 10.4. The van der Waals surface area contributed by atoms with E-state index in [0.717, 1.165) is 24.7 Å². The number of nitrogens with zero attached hydrogens (tertiary/aromatic N) is 4. The van der Waals surface area contributed by atoms with E-state index in [2.05, 4.69) is 15.0 Å². The lowest BCUT2D eigenvalue weighted by Crippen LogP contribution is -2.40. The summed E-state index contributed by atoms with van der Waals surface area (Å²) in [6.07, 6.45) is 4.23. The van der Waals surface area contributed by atoms with Gasteiger partial charge in [0.2, 0.25) is 0 Å². The van der Waals surface area contributed by atoms with Crippen LogP contribution in [0.15, 0.2) is 12.7 Å². The summed E-state index contributed by atoms with van der Waals surface area (Å²) >= 11 is 0. The molecule has 0 aliphatic rings. The zero-order valence-electron chi connectivity index (χ0n) is 11.0. The lowest BCUT2D eigenvalue weighted by molar-refractivity contribution is 0.320. The van der Waals surface area contributed by atoms with Crippen molar-refractivity contribution < 1.29 is 10.2 Å². The van der Waals surface area contributed by atoms with Crippen LogP contribution in [0, 0.1) is 0 Å². The van der Waals surface area contributed by atoms with Crippen molar-refractivity contribution in [3.05, 3.63) is 12.7 Å². The van der Waals surface area contributed by atoms with E-state index in [4.69, 9.17) is 5.73 Å². The summed E-state index contributed by atoms with van der Waals surface area (Å²) in [5.74, 6) is 0.383. The number of anilines is 1. The molecular formula is C11H19N5O2Si. The molecule has 4 N–H and O–H groups in total. The zero-order chi connectivity index (χ0) is 13.9. The van der Waals surface area contributed by atoms with E-state index in [1.165, 1.54) is 6.33 Å². The molecule has 0 saturated carbocycles. The Labute approximate surface area is 112 Å². The number of aliphatic hydroxyl groups is 2. The Balaban J connectivity index is 2.05. The predicted molar refractivity (Wildman–Crippen MR) is 74.9 cm³/mol. The molecule has 0 amide bonds. The minimum atomic E-state index is -1.89. The molecule has 0 fully saturated rings. The Bertz CT molecular complexity index is 555. The molecular weight excluding hydrogens is 262 g/mol. The molecule has 2 rings (SSSR count). The summed E-state index contributed by atoms with van der Waals surface area (Å²) < 4.78 is 1.93. The standard InChI is InChI=1S/C11H19N5O2Si/c1-19(7-17,8-18)4-2-3-16-6-15-9-10(12)13-5-14-11(9)16/h5-6,17-18H,2-4,7-8H2,1H3,(H2,12,13,14). The van der Waals surface area contributed by atoms with Crippen molar-refractivity contribution >= 4 is 25.1 Å². The number of aryl methyl sites for hydroxylation is 1. The van der Waals surface area contributed by atoms with E-state index < -0.39 is 8.07 Å². The Morgan fingerprint density at radius 3 is 2.68 bits per heavy atom. The molecule has 0 radical (unpaired) electrons. The molecule has 2 heterocycles. The van der Waals surface area contributed by atoms with Crippen LogP contribution in [0.3, 0.4) is 0 Å². The molecule has 0 bridgehead atoms. The Morgan fingerprint density at radius 2 is 2.00 bits per heavy atom. The molecule has 2 aromatic rings. The first-order valence-electron chi connectivity index (χ1n) is 6.23. The maximum atomic E-state index is 9.30. The first-order chi connectivity index (χ1) is 9.09. The number of nitrogens with two attached hydrogens (primary N) is 1. The van der Waals surface area contributed by atoms with Gasteiger partial charge >= 0.3 is 0 Å². The molecule has 0 aliphatic carbocycles. The van der Waals surface area contributed by atoms with Gasteiger partial charge in [0, 0.05) is 19.0 Å². The fraction of sp³-hybridized carbons (Fsp3) is 0.545. The Hall–Kier alpha value is -1.51. The highest BCUT2D eigenvalue weighted by atomic mass is 28.3. The number of hydrogen-bond acceptors (Lipinski definition) is 6. The molecule has 0 aliphatic heterocycles. The van der Waals surface area contributed by atoms with Gasteiger partial charge in [-0.2, -0.15) is 0 Å². The fourth-order valence-electron chi connectivity index (χ4n) is 1.95. The van der Waals surface area contributed by atoms with Crippen LogP contribution in [0.2, 0.25) is 12.6 Å². The second-order valence-electron chi connectivity index (χ2n) is 5.10. The number of fused-ring (bicyclic) bond motifs is 1. The quantitative estimate of drug-likeness (QED) is 0.640. The smallest absolute Gasteiger partial charge is 0.165 e. The Kier molecular flexibility index (Phi) is 4.13. The lowest BCUT2D eigenvalue weighted by Gasteiger charge is -2.21. The van der Waals surface area contributed by atoms with Crippen molar-refractivity contribution in [2.24, 2.45) is 0 Å². The van der Waals surface area contributed by atoms with Gasteiger partial charge in [0.1, 0.15) is 19.9 Å². The summed E-state index contributed by atoms with van der Waals surface area (Å²) in [5, 5.41) is 18.6. The van der Waals surface area contributed by atoms with Crippen LogP contribution in [-0.4, -0.2) is 50.3 Å². The molecule has 0 spiro atoms. The third kappa shape index (κ3) is 2.91. The average Bonchev–Trinajstić information content (AvgIpc) is 2.83. The highest BCUT2D eigenvalue weighted by Crippen LogP contribution is 2.17. The Morgan fingerprint density at radius 1 is 1.26 bits per heavy atom. The molecule has 0 saturated heterocycles. The second kappa shape index (κ2) is 5.64. The summed E-state index contributed by atoms with van der Waals surface area (Å²) in [6.45, 7) is 2.74.